The molecule has 11 nitrogen and oxygen atoms in total. The zero-order chi connectivity index (χ0) is 32.4. The predicted octanol–water partition coefficient (Wildman–Crippen LogP) is 4.71. The van der Waals surface area contributed by atoms with Crippen LogP contribution in [0.25, 0.3) is 11.0 Å². The average molecular weight is 616 g/mol. The van der Waals surface area contributed by atoms with Gasteiger partial charge in [0.2, 0.25) is 0 Å². The average Bonchev–Trinajstić information content (AvgIpc) is 3.00. The summed E-state index contributed by atoms with van der Waals surface area (Å²) in [6.07, 6.45) is -4.22. The molecule has 0 saturated carbocycles. The third-order valence-electron chi connectivity index (χ3n) is 5.99. The SMILES string of the molecule is CNCCc1ccc(NC(=O)c2cc(OC)c(OC)cc2NC(=O)c2cc(=O)c3ccccc3o2)cc1.O=C(O)C(F)(F)F. The summed E-state index contributed by atoms with van der Waals surface area (Å²) in [6.45, 7) is 0.845. The Morgan fingerprint density at radius 3 is 2.09 bits per heavy atom. The second kappa shape index (κ2) is 14.7. The first kappa shape index (κ1) is 33.1. The van der Waals surface area contributed by atoms with E-state index >= 15 is 0 Å². The van der Waals surface area contributed by atoms with Gasteiger partial charge >= 0.3 is 12.1 Å². The monoisotopic (exact) mass is 615 g/mol. The first-order valence-corrected chi connectivity index (χ1v) is 12.8. The zero-order valence-corrected chi connectivity index (χ0v) is 23.7. The van der Waals surface area contributed by atoms with E-state index in [0.717, 1.165) is 24.6 Å². The Kier molecular flexibility index (Phi) is 11.1. The Labute approximate surface area is 248 Å². The van der Waals surface area contributed by atoms with Crippen molar-refractivity contribution in [2.75, 3.05) is 38.4 Å². The molecule has 0 aliphatic carbocycles. The number of alkyl halides is 3. The summed E-state index contributed by atoms with van der Waals surface area (Å²) in [4.78, 5) is 47.7. The Morgan fingerprint density at radius 1 is 0.886 bits per heavy atom. The number of amides is 2. The highest BCUT2D eigenvalue weighted by molar-refractivity contribution is 6.12. The quantitative estimate of drug-likeness (QED) is 0.209. The number of methoxy groups -OCH3 is 2. The molecular formula is C30H28F3N3O8. The van der Waals surface area contributed by atoms with Crippen molar-refractivity contribution in [3.8, 4) is 11.5 Å². The molecule has 0 unspecified atom stereocenters. The summed E-state index contributed by atoms with van der Waals surface area (Å²) < 4.78 is 48.1. The van der Waals surface area contributed by atoms with Gasteiger partial charge in [-0.3, -0.25) is 14.4 Å². The minimum absolute atomic E-state index is 0.133. The molecule has 4 rings (SSSR count). The van der Waals surface area contributed by atoms with E-state index in [4.69, 9.17) is 23.8 Å². The van der Waals surface area contributed by atoms with Crippen LogP contribution in [0.3, 0.4) is 0 Å². The third-order valence-corrected chi connectivity index (χ3v) is 5.99. The van der Waals surface area contributed by atoms with Crippen molar-refractivity contribution >= 4 is 40.1 Å². The van der Waals surface area contributed by atoms with Crippen LogP contribution in [-0.4, -0.2) is 56.9 Å². The number of ether oxygens (including phenoxy) is 2. The molecule has 0 aliphatic rings. The largest absolute Gasteiger partial charge is 0.493 e. The number of carboxylic acids is 1. The van der Waals surface area contributed by atoms with Crippen LogP contribution in [0.1, 0.15) is 26.5 Å². The molecule has 0 bridgehead atoms. The van der Waals surface area contributed by atoms with Crippen molar-refractivity contribution in [3.05, 3.63) is 93.8 Å². The van der Waals surface area contributed by atoms with Gasteiger partial charge in [-0.2, -0.15) is 13.2 Å². The van der Waals surface area contributed by atoms with Gasteiger partial charge < -0.3 is 34.9 Å². The van der Waals surface area contributed by atoms with E-state index in [-0.39, 0.29) is 28.0 Å². The number of benzene rings is 3. The topological polar surface area (TPSA) is 156 Å². The number of aliphatic carboxylic acids is 1. The summed E-state index contributed by atoms with van der Waals surface area (Å²) in [7, 11) is 4.79. The standard InChI is InChI=1S/C28H27N3O6.C2HF3O2/c1-29-13-12-17-8-10-18(11-9-17)30-27(33)20-14-24(35-2)25(36-3)15-21(20)31-28(34)26-16-22(32)19-6-4-5-7-23(19)37-26;3-2(4,5)1(6)7/h4-11,14-16,29H,12-13H2,1-3H3,(H,30,33)(H,31,34);(H,6,7). The molecule has 0 radical (unpaired) electrons. The van der Waals surface area contributed by atoms with Crippen LogP contribution in [0.5, 0.6) is 11.5 Å². The fourth-order valence-electron chi connectivity index (χ4n) is 3.79. The van der Waals surface area contributed by atoms with E-state index in [1.54, 1.807) is 24.3 Å². The summed E-state index contributed by atoms with van der Waals surface area (Å²) >= 11 is 0. The lowest BCUT2D eigenvalue weighted by molar-refractivity contribution is -0.192. The Morgan fingerprint density at radius 2 is 1.50 bits per heavy atom. The molecule has 4 N–H and O–H groups in total. The van der Waals surface area contributed by atoms with Gasteiger partial charge in [0.25, 0.3) is 11.8 Å². The maximum absolute atomic E-state index is 13.3. The van der Waals surface area contributed by atoms with Crippen molar-refractivity contribution in [1.82, 2.24) is 5.32 Å². The molecule has 44 heavy (non-hydrogen) atoms. The molecule has 0 spiro atoms. The summed E-state index contributed by atoms with van der Waals surface area (Å²) in [5, 5.41) is 16.1. The van der Waals surface area contributed by atoms with Gasteiger partial charge in [-0.05, 0) is 55.9 Å². The van der Waals surface area contributed by atoms with Crippen LogP contribution < -0.4 is 30.9 Å². The van der Waals surface area contributed by atoms with Crippen molar-refractivity contribution in [2.45, 2.75) is 12.6 Å². The van der Waals surface area contributed by atoms with Crippen LogP contribution in [-0.2, 0) is 11.2 Å². The van der Waals surface area contributed by atoms with E-state index < -0.39 is 24.0 Å². The number of nitrogens with one attached hydrogen (secondary N) is 3. The number of para-hydroxylation sites is 1. The number of hydrogen-bond donors (Lipinski definition) is 4. The Hall–Kier alpha value is -5.37. The molecule has 4 aromatic rings. The van der Waals surface area contributed by atoms with E-state index in [1.807, 2.05) is 31.3 Å². The first-order chi connectivity index (χ1) is 20.9. The van der Waals surface area contributed by atoms with Crippen molar-refractivity contribution in [3.63, 3.8) is 0 Å². The number of fused-ring (bicyclic) bond motifs is 1. The Bertz CT molecular complexity index is 1700. The molecule has 2 amide bonds. The van der Waals surface area contributed by atoms with Gasteiger partial charge in [0, 0.05) is 17.8 Å². The molecular weight excluding hydrogens is 587 g/mol. The molecule has 0 saturated heterocycles. The van der Waals surface area contributed by atoms with Gasteiger partial charge in [0.05, 0.1) is 30.9 Å². The fourth-order valence-corrected chi connectivity index (χ4v) is 3.79. The summed E-state index contributed by atoms with van der Waals surface area (Å²) in [6, 6.07) is 18.2. The lowest BCUT2D eigenvalue weighted by atomic mass is 10.1. The van der Waals surface area contributed by atoms with Crippen LogP contribution in [0.15, 0.2) is 75.9 Å². The van der Waals surface area contributed by atoms with E-state index in [9.17, 15) is 27.6 Å². The van der Waals surface area contributed by atoms with Gasteiger partial charge in [-0.1, -0.05) is 24.3 Å². The van der Waals surface area contributed by atoms with E-state index in [1.165, 1.54) is 26.4 Å². The normalized spacial score (nSPS) is 10.8. The van der Waals surface area contributed by atoms with Gasteiger partial charge in [0.15, 0.2) is 22.7 Å². The van der Waals surface area contributed by atoms with Gasteiger partial charge in [0.1, 0.15) is 5.58 Å². The molecule has 0 fully saturated rings. The molecule has 0 aliphatic heterocycles. The van der Waals surface area contributed by atoms with Crippen LogP contribution in [0, 0.1) is 0 Å². The van der Waals surface area contributed by atoms with Gasteiger partial charge in [-0.25, -0.2) is 4.79 Å². The summed E-state index contributed by atoms with van der Waals surface area (Å²) in [5.41, 5.74) is 1.93. The highest BCUT2D eigenvalue weighted by atomic mass is 19.4. The number of anilines is 2. The second-order valence-electron chi connectivity index (χ2n) is 8.99. The number of hydrogen-bond acceptors (Lipinski definition) is 8. The number of carbonyl (C=O) groups excluding carboxylic acids is 2. The highest BCUT2D eigenvalue weighted by Crippen LogP contribution is 2.34. The van der Waals surface area contributed by atoms with Crippen molar-refractivity contribution in [2.24, 2.45) is 0 Å². The summed E-state index contributed by atoms with van der Waals surface area (Å²) in [5.74, 6) is -3.50. The Balaban J connectivity index is 0.000000676. The maximum atomic E-state index is 13.3. The maximum Gasteiger partial charge on any atom is 0.490 e. The number of halogens is 3. The number of carboxylic acid groups (broad SMARTS) is 1. The predicted molar refractivity (Wildman–Crippen MR) is 156 cm³/mol. The molecule has 0 atom stereocenters. The highest BCUT2D eigenvalue weighted by Gasteiger charge is 2.38. The molecule has 14 heteroatoms. The third kappa shape index (κ3) is 8.58. The van der Waals surface area contributed by atoms with Crippen molar-refractivity contribution in [1.29, 1.82) is 0 Å². The lowest BCUT2D eigenvalue weighted by Crippen LogP contribution is -2.21. The number of carbonyl (C=O) groups is 3. The van der Waals surface area contributed by atoms with E-state index in [2.05, 4.69) is 16.0 Å². The fraction of sp³-hybridized carbons (Fsp3) is 0.200. The van der Waals surface area contributed by atoms with E-state index in [0.29, 0.717) is 22.6 Å². The first-order valence-electron chi connectivity index (χ1n) is 12.8. The van der Waals surface area contributed by atoms with Crippen LogP contribution in [0.4, 0.5) is 24.5 Å². The molecule has 1 aromatic heterocycles. The number of likely N-dealkylation sites (N-methyl/N-ethyl adjacent to an activating group) is 1. The second-order valence-corrected chi connectivity index (χ2v) is 8.99. The molecule has 232 valence electrons. The minimum atomic E-state index is -5.08. The zero-order valence-electron chi connectivity index (χ0n) is 23.7. The lowest BCUT2D eigenvalue weighted by Gasteiger charge is -2.16. The smallest absolute Gasteiger partial charge is 0.490 e. The van der Waals surface area contributed by atoms with Crippen LogP contribution in [0.2, 0.25) is 0 Å². The van der Waals surface area contributed by atoms with Gasteiger partial charge in [-0.15, -0.1) is 0 Å². The van der Waals surface area contributed by atoms with Crippen molar-refractivity contribution < 1.29 is 46.6 Å². The van der Waals surface area contributed by atoms with Crippen LogP contribution >= 0.6 is 0 Å². The molecule has 1 heterocycles. The molecule has 3 aromatic carbocycles. The number of rotatable bonds is 9. The minimum Gasteiger partial charge on any atom is -0.493 e.